The minimum atomic E-state index is -3.55. The summed E-state index contributed by atoms with van der Waals surface area (Å²) in [5, 5.41) is 0.782. The molecule has 2 heterocycles. The van der Waals surface area contributed by atoms with Crippen molar-refractivity contribution in [2.45, 2.75) is 37.7 Å². The molecule has 1 atom stereocenters. The number of rotatable bonds is 6. The van der Waals surface area contributed by atoms with E-state index in [-0.39, 0.29) is 16.2 Å². The molecular formula is C23H24N2O5S. The van der Waals surface area contributed by atoms with Crippen LogP contribution in [0.3, 0.4) is 0 Å². The van der Waals surface area contributed by atoms with Gasteiger partial charge in [-0.2, -0.15) is 4.31 Å². The van der Waals surface area contributed by atoms with E-state index >= 15 is 0 Å². The maximum Gasteiger partial charge on any atom is 0.338 e. The third-order valence-electron chi connectivity index (χ3n) is 5.59. The minimum Gasteiger partial charge on any atom is -0.451 e. The van der Waals surface area contributed by atoms with Gasteiger partial charge < -0.3 is 9.72 Å². The summed E-state index contributed by atoms with van der Waals surface area (Å²) in [7, 11) is -3.55. The number of nitrogens with one attached hydrogen (secondary N) is 1. The maximum atomic E-state index is 13.0. The minimum absolute atomic E-state index is 0.143. The first kappa shape index (κ1) is 21.3. The third-order valence-corrected chi connectivity index (χ3v) is 7.50. The van der Waals surface area contributed by atoms with Crippen molar-refractivity contribution in [1.29, 1.82) is 0 Å². The lowest BCUT2D eigenvalue weighted by Gasteiger charge is -2.16. The van der Waals surface area contributed by atoms with Gasteiger partial charge in [0.25, 0.3) is 0 Å². The number of hydrogen-bond donors (Lipinski definition) is 1. The van der Waals surface area contributed by atoms with E-state index in [9.17, 15) is 18.0 Å². The van der Waals surface area contributed by atoms with Crippen LogP contribution >= 0.6 is 0 Å². The van der Waals surface area contributed by atoms with Gasteiger partial charge in [-0.3, -0.25) is 4.79 Å². The van der Waals surface area contributed by atoms with Crippen molar-refractivity contribution < 1.29 is 22.7 Å². The molecule has 1 aromatic heterocycles. The zero-order chi connectivity index (χ0) is 22.2. The molecule has 0 spiro atoms. The second kappa shape index (κ2) is 8.28. The SMILES string of the molecule is Cc1[nH]c2ccccc2c1C(=O)[C@@H](C)OC(=O)c1ccc(S(=O)(=O)N2CCCC2)cc1. The number of aromatic amines is 1. The zero-order valence-corrected chi connectivity index (χ0v) is 18.2. The predicted octanol–water partition coefficient (Wildman–Crippen LogP) is 3.69. The zero-order valence-electron chi connectivity index (χ0n) is 17.4. The van der Waals surface area contributed by atoms with E-state index in [0.29, 0.717) is 24.3 Å². The number of fused-ring (bicyclic) bond motifs is 1. The topological polar surface area (TPSA) is 96.5 Å². The number of esters is 1. The Balaban J connectivity index is 1.49. The van der Waals surface area contributed by atoms with Crippen LogP contribution in [-0.4, -0.2) is 48.7 Å². The standard InChI is InChI=1S/C23H24N2O5S/c1-15-21(19-7-3-4-8-20(19)24-15)22(26)16(2)30-23(27)17-9-11-18(12-10-17)31(28,29)25-13-5-6-14-25/h3-4,7-12,16,24H,5-6,13-14H2,1-2H3/t16-/m1/s1. The predicted molar refractivity (Wildman–Crippen MR) is 117 cm³/mol. The highest BCUT2D eigenvalue weighted by Crippen LogP contribution is 2.25. The smallest absolute Gasteiger partial charge is 0.338 e. The van der Waals surface area contributed by atoms with Crippen LogP contribution in [0.25, 0.3) is 10.9 Å². The summed E-state index contributed by atoms with van der Waals surface area (Å²) < 4.78 is 32.1. The fourth-order valence-electron chi connectivity index (χ4n) is 3.92. The number of benzene rings is 2. The average molecular weight is 441 g/mol. The van der Waals surface area contributed by atoms with Gasteiger partial charge in [-0.25, -0.2) is 13.2 Å². The number of hydrogen-bond acceptors (Lipinski definition) is 5. The van der Waals surface area contributed by atoms with Crippen molar-refractivity contribution >= 4 is 32.7 Å². The van der Waals surface area contributed by atoms with Crippen molar-refractivity contribution in [2.24, 2.45) is 0 Å². The number of carbonyl (C=O) groups excluding carboxylic acids is 2. The van der Waals surface area contributed by atoms with Crippen molar-refractivity contribution in [3.05, 3.63) is 65.4 Å². The second-order valence-electron chi connectivity index (χ2n) is 7.72. The van der Waals surface area contributed by atoms with E-state index in [0.717, 1.165) is 23.7 Å². The number of nitrogens with zero attached hydrogens (tertiary/aromatic N) is 1. The van der Waals surface area contributed by atoms with Crippen LogP contribution in [0.1, 0.15) is 46.2 Å². The Morgan fingerprint density at radius 1 is 1.03 bits per heavy atom. The van der Waals surface area contributed by atoms with Gasteiger partial charge in [-0.15, -0.1) is 0 Å². The highest BCUT2D eigenvalue weighted by molar-refractivity contribution is 7.89. The molecule has 1 N–H and O–H groups in total. The number of para-hydroxylation sites is 1. The Kier molecular flexibility index (Phi) is 5.68. The van der Waals surface area contributed by atoms with Crippen LogP contribution in [0.4, 0.5) is 0 Å². The molecule has 0 unspecified atom stereocenters. The lowest BCUT2D eigenvalue weighted by molar-refractivity contribution is 0.0319. The van der Waals surface area contributed by atoms with Gasteiger partial charge >= 0.3 is 5.97 Å². The molecule has 0 saturated carbocycles. The molecule has 8 heteroatoms. The van der Waals surface area contributed by atoms with Gasteiger partial charge in [0.05, 0.1) is 10.5 Å². The number of ketones is 1. The first-order chi connectivity index (χ1) is 14.8. The largest absolute Gasteiger partial charge is 0.451 e. The van der Waals surface area contributed by atoms with E-state index < -0.39 is 22.1 Å². The van der Waals surface area contributed by atoms with Crippen LogP contribution < -0.4 is 0 Å². The van der Waals surface area contributed by atoms with Crippen LogP contribution in [0.2, 0.25) is 0 Å². The monoisotopic (exact) mass is 440 g/mol. The number of H-pyrrole nitrogens is 1. The second-order valence-corrected chi connectivity index (χ2v) is 9.66. The molecule has 1 saturated heterocycles. The fraction of sp³-hybridized carbons (Fsp3) is 0.304. The summed E-state index contributed by atoms with van der Waals surface area (Å²) in [5.74, 6) is -0.972. The van der Waals surface area contributed by atoms with Crippen molar-refractivity contribution in [1.82, 2.24) is 9.29 Å². The molecule has 4 rings (SSSR count). The van der Waals surface area contributed by atoms with Gasteiger partial charge in [0.1, 0.15) is 0 Å². The third kappa shape index (κ3) is 4.00. The molecule has 1 aliphatic heterocycles. The highest BCUT2D eigenvalue weighted by atomic mass is 32.2. The normalized spacial score (nSPS) is 15.8. The van der Waals surface area contributed by atoms with E-state index in [1.54, 1.807) is 6.92 Å². The van der Waals surface area contributed by atoms with Crippen LogP contribution in [0.5, 0.6) is 0 Å². The lowest BCUT2D eigenvalue weighted by atomic mass is 10.0. The van der Waals surface area contributed by atoms with Crippen LogP contribution in [0.15, 0.2) is 53.4 Å². The molecular weight excluding hydrogens is 416 g/mol. The fourth-order valence-corrected chi connectivity index (χ4v) is 5.44. The van der Waals surface area contributed by atoms with Crippen LogP contribution in [0, 0.1) is 6.92 Å². The van der Waals surface area contributed by atoms with Crippen molar-refractivity contribution in [2.75, 3.05) is 13.1 Å². The number of sulfonamides is 1. The molecule has 7 nitrogen and oxygen atoms in total. The molecule has 2 aromatic carbocycles. The summed E-state index contributed by atoms with van der Waals surface area (Å²) in [5.41, 5.74) is 2.25. The van der Waals surface area contributed by atoms with E-state index in [1.165, 1.54) is 35.5 Å². The molecule has 1 fully saturated rings. The maximum absolute atomic E-state index is 13.0. The molecule has 0 bridgehead atoms. The Morgan fingerprint density at radius 3 is 2.35 bits per heavy atom. The number of ether oxygens (including phenoxy) is 1. The molecule has 162 valence electrons. The van der Waals surface area contributed by atoms with Gasteiger partial charge in [-0.05, 0) is 57.0 Å². The van der Waals surface area contributed by atoms with Gasteiger partial charge in [0.2, 0.25) is 15.8 Å². The van der Waals surface area contributed by atoms with E-state index in [4.69, 9.17) is 4.74 Å². The van der Waals surface area contributed by atoms with Gasteiger partial charge in [0, 0.05) is 35.2 Å². The summed E-state index contributed by atoms with van der Waals surface area (Å²) in [6.45, 7) is 4.37. The summed E-state index contributed by atoms with van der Waals surface area (Å²) in [6.07, 6.45) is 0.718. The van der Waals surface area contributed by atoms with Gasteiger partial charge in [-0.1, -0.05) is 18.2 Å². The summed E-state index contributed by atoms with van der Waals surface area (Å²) in [6, 6.07) is 13.1. The molecule has 3 aromatic rings. The summed E-state index contributed by atoms with van der Waals surface area (Å²) in [4.78, 5) is 28.8. The number of aryl methyl sites for hydroxylation is 1. The van der Waals surface area contributed by atoms with Crippen molar-refractivity contribution in [3.63, 3.8) is 0 Å². The molecule has 31 heavy (non-hydrogen) atoms. The van der Waals surface area contributed by atoms with Crippen LogP contribution in [-0.2, 0) is 14.8 Å². The summed E-state index contributed by atoms with van der Waals surface area (Å²) >= 11 is 0. The first-order valence-corrected chi connectivity index (χ1v) is 11.7. The number of Topliss-reactive ketones (excluding diaryl/α,β-unsaturated/α-hetero) is 1. The lowest BCUT2D eigenvalue weighted by Crippen LogP contribution is -2.28. The Bertz CT molecular complexity index is 1240. The highest BCUT2D eigenvalue weighted by Gasteiger charge is 2.28. The Hall–Kier alpha value is -2.97. The average Bonchev–Trinajstić information content (AvgIpc) is 3.41. The first-order valence-electron chi connectivity index (χ1n) is 10.2. The van der Waals surface area contributed by atoms with E-state index in [2.05, 4.69) is 4.98 Å². The molecule has 0 aliphatic carbocycles. The molecule has 1 aliphatic rings. The van der Waals surface area contributed by atoms with E-state index in [1.807, 2.05) is 24.3 Å². The number of aromatic nitrogens is 1. The number of carbonyl (C=O) groups is 2. The van der Waals surface area contributed by atoms with Gasteiger partial charge in [0.15, 0.2) is 6.10 Å². The van der Waals surface area contributed by atoms with Crippen molar-refractivity contribution in [3.8, 4) is 0 Å². The quantitative estimate of drug-likeness (QED) is 0.466. The Morgan fingerprint density at radius 2 is 1.68 bits per heavy atom. The Labute approximate surface area is 181 Å². The molecule has 0 amide bonds. The molecule has 0 radical (unpaired) electrons.